The Morgan fingerprint density at radius 1 is 1.46 bits per heavy atom. The van der Waals surface area contributed by atoms with Crippen LogP contribution in [-0.2, 0) is 0 Å². The molecule has 0 aliphatic carbocycles. The number of thiol groups is 1. The molecule has 1 N–H and O–H groups in total. The van der Waals surface area contributed by atoms with Gasteiger partial charge in [0.05, 0.1) is 4.47 Å². The van der Waals surface area contributed by atoms with E-state index in [1.165, 1.54) is 0 Å². The van der Waals surface area contributed by atoms with Crippen LogP contribution in [0.4, 0.5) is 0 Å². The lowest BCUT2D eigenvalue weighted by Crippen LogP contribution is -1.74. The van der Waals surface area contributed by atoms with E-state index < -0.39 is 0 Å². The van der Waals surface area contributed by atoms with E-state index in [4.69, 9.17) is 0 Å². The predicted octanol–water partition coefficient (Wildman–Crippen LogP) is 3.49. The van der Waals surface area contributed by atoms with Gasteiger partial charge < -0.3 is 5.11 Å². The number of aromatic hydroxyl groups is 1. The van der Waals surface area contributed by atoms with Crippen molar-refractivity contribution in [2.75, 3.05) is 5.75 Å². The third kappa shape index (κ3) is 3.44. The van der Waals surface area contributed by atoms with Gasteiger partial charge in [0.1, 0.15) is 5.75 Å². The van der Waals surface area contributed by atoms with Crippen molar-refractivity contribution in [1.29, 1.82) is 0 Å². The van der Waals surface area contributed by atoms with E-state index >= 15 is 0 Å². The maximum atomic E-state index is 9.23. The first kappa shape index (κ1) is 10.7. The molecule has 0 spiro atoms. The number of halogens is 1. The molecule has 0 amide bonds. The molecule has 13 heavy (non-hydrogen) atoms. The van der Waals surface area contributed by atoms with Gasteiger partial charge in [-0.2, -0.15) is 12.6 Å². The Kier molecular flexibility index (Phi) is 4.39. The molecule has 3 heteroatoms. The van der Waals surface area contributed by atoms with Gasteiger partial charge >= 0.3 is 0 Å². The monoisotopic (exact) mass is 258 g/mol. The number of rotatable bonds is 3. The van der Waals surface area contributed by atoms with E-state index in [0.29, 0.717) is 0 Å². The van der Waals surface area contributed by atoms with Crippen molar-refractivity contribution < 1.29 is 5.11 Å². The molecule has 0 bridgehead atoms. The Morgan fingerprint density at radius 3 is 2.85 bits per heavy atom. The molecule has 0 fully saturated rings. The molecule has 0 atom stereocenters. The number of hydrogen-bond donors (Lipinski definition) is 2. The lowest BCUT2D eigenvalue weighted by Gasteiger charge is -1.97. The number of phenolic OH excluding ortho intramolecular Hbond substituents is 1. The highest BCUT2D eigenvalue weighted by Gasteiger charge is 1.95. The quantitative estimate of drug-likeness (QED) is 0.796. The molecule has 1 rings (SSSR count). The van der Waals surface area contributed by atoms with Crippen molar-refractivity contribution in [3.8, 4) is 5.75 Å². The van der Waals surface area contributed by atoms with Crippen LogP contribution in [0.25, 0.3) is 6.08 Å². The first-order valence-electron chi connectivity index (χ1n) is 4.00. The molecule has 0 radical (unpaired) electrons. The lowest BCUT2D eigenvalue weighted by atomic mass is 10.2. The summed E-state index contributed by atoms with van der Waals surface area (Å²) in [4.78, 5) is 0. The zero-order valence-corrected chi connectivity index (χ0v) is 9.55. The van der Waals surface area contributed by atoms with Crippen LogP contribution in [0.3, 0.4) is 0 Å². The van der Waals surface area contributed by atoms with E-state index in [1.807, 2.05) is 18.2 Å². The maximum absolute atomic E-state index is 9.23. The van der Waals surface area contributed by atoms with Crippen molar-refractivity contribution in [2.24, 2.45) is 0 Å². The fourth-order valence-electron chi connectivity index (χ4n) is 0.921. The summed E-state index contributed by atoms with van der Waals surface area (Å²) in [5, 5.41) is 9.23. The predicted molar refractivity (Wildman–Crippen MR) is 63.3 cm³/mol. The summed E-state index contributed by atoms with van der Waals surface area (Å²) in [5.41, 5.74) is 1.08. The van der Waals surface area contributed by atoms with Crippen molar-refractivity contribution in [3.63, 3.8) is 0 Å². The minimum Gasteiger partial charge on any atom is -0.507 e. The molecule has 1 aromatic carbocycles. The topological polar surface area (TPSA) is 20.2 Å². The van der Waals surface area contributed by atoms with Gasteiger partial charge in [-0.25, -0.2) is 0 Å². The van der Waals surface area contributed by atoms with Gasteiger partial charge in [0.25, 0.3) is 0 Å². The highest BCUT2D eigenvalue weighted by atomic mass is 79.9. The Morgan fingerprint density at radius 2 is 2.23 bits per heavy atom. The van der Waals surface area contributed by atoms with Crippen molar-refractivity contribution >= 4 is 34.6 Å². The average molecular weight is 259 g/mol. The molecule has 0 unspecified atom stereocenters. The zero-order chi connectivity index (χ0) is 9.68. The standard InChI is InChI=1S/C10H11BrOS/c11-9-7-8(3-1-2-6-13)4-5-10(9)12/h1,3-5,7,12-13H,2,6H2. The Hall–Kier alpha value is -0.410. The smallest absolute Gasteiger partial charge is 0.129 e. The van der Waals surface area contributed by atoms with Crippen LogP contribution in [0.15, 0.2) is 28.7 Å². The van der Waals surface area contributed by atoms with Gasteiger partial charge in [0.15, 0.2) is 0 Å². The normalized spacial score (nSPS) is 10.9. The SMILES string of the molecule is Oc1ccc(C=CCCS)cc1Br. The Balaban J connectivity index is 2.73. The van der Waals surface area contributed by atoms with E-state index in [1.54, 1.807) is 6.07 Å². The summed E-state index contributed by atoms with van der Waals surface area (Å²) in [6.45, 7) is 0. The fraction of sp³-hybridized carbons (Fsp3) is 0.200. The minimum atomic E-state index is 0.270. The van der Waals surface area contributed by atoms with Crippen molar-refractivity contribution in [1.82, 2.24) is 0 Å². The number of phenols is 1. The Labute approximate surface area is 92.0 Å². The number of allylic oxidation sites excluding steroid dienone is 1. The molecular weight excluding hydrogens is 248 g/mol. The molecule has 0 saturated carbocycles. The van der Waals surface area contributed by atoms with E-state index in [2.05, 4.69) is 34.6 Å². The summed E-state index contributed by atoms with van der Waals surface area (Å²) in [6, 6.07) is 5.42. The minimum absolute atomic E-state index is 0.270. The summed E-state index contributed by atoms with van der Waals surface area (Å²) in [6.07, 6.45) is 5.04. The molecule has 1 aromatic rings. The third-order valence-electron chi connectivity index (χ3n) is 1.58. The second-order valence-corrected chi connectivity index (χ2v) is 3.93. The van der Waals surface area contributed by atoms with Crippen LogP contribution in [0.2, 0.25) is 0 Å². The highest BCUT2D eigenvalue weighted by molar-refractivity contribution is 9.10. The molecule has 0 aliphatic heterocycles. The van der Waals surface area contributed by atoms with Gasteiger partial charge in [0, 0.05) is 0 Å². The lowest BCUT2D eigenvalue weighted by molar-refractivity contribution is 0.472. The number of benzene rings is 1. The highest BCUT2D eigenvalue weighted by Crippen LogP contribution is 2.24. The van der Waals surface area contributed by atoms with Gasteiger partial charge in [-0.05, 0) is 45.8 Å². The van der Waals surface area contributed by atoms with Gasteiger partial charge in [-0.3, -0.25) is 0 Å². The third-order valence-corrected chi connectivity index (χ3v) is 2.47. The Bertz CT molecular complexity index is 310. The molecule has 0 heterocycles. The van der Waals surface area contributed by atoms with Crippen molar-refractivity contribution in [3.05, 3.63) is 34.3 Å². The summed E-state index contributed by atoms with van der Waals surface area (Å²) < 4.78 is 0.723. The fourth-order valence-corrected chi connectivity index (χ4v) is 1.47. The molecule has 1 nitrogen and oxygen atoms in total. The molecular formula is C10H11BrOS. The molecule has 70 valence electrons. The largest absolute Gasteiger partial charge is 0.507 e. The first-order valence-corrected chi connectivity index (χ1v) is 5.42. The van der Waals surface area contributed by atoms with Gasteiger partial charge in [0.2, 0.25) is 0 Å². The van der Waals surface area contributed by atoms with Crippen LogP contribution in [-0.4, -0.2) is 10.9 Å². The van der Waals surface area contributed by atoms with Crippen LogP contribution in [0, 0.1) is 0 Å². The zero-order valence-electron chi connectivity index (χ0n) is 7.07. The van der Waals surface area contributed by atoms with Crippen molar-refractivity contribution in [2.45, 2.75) is 6.42 Å². The van der Waals surface area contributed by atoms with Crippen LogP contribution in [0.5, 0.6) is 5.75 Å². The van der Waals surface area contributed by atoms with Crippen LogP contribution < -0.4 is 0 Å². The average Bonchev–Trinajstić information content (AvgIpc) is 2.12. The molecule has 0 aromatic heterocycles. The van der Waals surface area contributed by atoms with E-state index in [-0.39, 0.29) is 5.75 Å². The second kappa shape index (κ2) is 5.35. The maximum Gasteiger partial charge on any atom is 0.129 e. The molecule has 0 aliphatic rings. The summed E-state index contributed by atoms with van der Waals surface area (Å²) in [5.74, 6) is 1.13. The van der Waals surface area contributed by atoms with Crippen LogP contribution >= 0.6 is 28.6 Å². The van der Waals surface area contributed by atoms with Crippen LogP contribution in [0.1, 0.15) is 12.0 Å². The van der Waals surface area contributed by atoms with Gasteiger partial charge in [-0.1, -0.05) is 18.2 Å². The summed E-state index contributed by atoms with van der Waals surface area (Å²) >= 11 is 7.36. The summed E-state index contributed by atoms with van der Waals surface area (Å²) in [7, 11) is 0. The number of hydrogen-bond acceptors (Lipinski definition) is 2. The van der Waals surface area contributed by atoms with E-state index in [9.17, 15) is 5.11 Å². The first-order chi connectivity index (χ1) is 6.24. The second-order valence-electron chi connectivity index (χ2n) is 2.63. The molecule has 0 saturated heterocycles. The van der Waals surface area contributed by atoms with E-state index in [0.717, 1.165) is 22.2 Å². The van der Waals surface area contributed by atoms with Gasteiger partial charge in [-0.15, -0.1) is 0 Å².